The Bertz CT molecular complexity index is 1240. The van der Waals surface area contributed by atoms with Crippen LogP contribution in [-0.2, 0) is 0 Å². The van der Waals surface area contributed by atoms with Crippen molar-refractivity contribution in [2.24, 2.45) is 0 Å². The minimum absolute atomic E-state index is 0.0513. The second kappa shape index (κ2) is 7.75. The molecule has 0 aliphatic rings. The molecule has 4 rings (SSSR count). The lowest BCUT2D eigenvalue weighted by atomic mass is 10.0. The van der Waals surface area contributed by atoms with Crippen molar-refractivity contribution in [1.82, 2.24) is 25.1 Å². The Kier molecular flexibility index (Phi) is 5.10. The smallest absolute Gasteiger partial charge is 0.414 e. The molecule has 0 aliphatic heterocycles. The highest BCUT2D eigenvalue weighted by molar-refractivity contribution is 5.74. The summed E-state index contributed by atoms with van der Waals surface area (Å²) in [5, 5.41) is 31.5. The zero-order valence-electron chi connectivity index (χ0n) is 15.7. The second-order valence-corrected chi connectivity index (χ2v) is 6.32. The van der Waals surface area contributed by atoms with Gasteiger partial charge in [0.25, 0.3) is 5.89 Å². The van der Waals surface area contributed by atoms with E-state index in [9.17, 15) is 24.1 Å². The van der Waals surface area contributed by atoms with Gasteiger partial charge in [-0.3, -0.25) is 4.98 Å². The first-order valence-electron chi connectivity index (χ1n) is 8.64. The summed E-state index contributed by atoms with van der Waals surface area (Å²) in [6.07, 6.45) is -0.230. The molecule has 0 bridgehead atoms. The van der Waals surface area contributed by atoms with Crippen LogP contribution >= 0.6 is 0 Å². The molecule has 158 valence electrons. The van der Waals surface area contributed by atoms with E-state index in [-0.39, 0.29) is 45.7 Å². The standard InChI is InChI=1S/C19H13F2N5O5/c1-9-16(30-19(27,28)29)13(10-4-12(21)7-22-6-10)5-15(24-9)18-25-17(26-31-18)14-3-2-11(20)8-23-14/h2-8,27-29H,1H3. The molecule has 31 heavy (non-hydrogen) atoms. The summed E-state index contributed by atoms with van der Waals surface area (Å²) in [7, 11) is 0. The SMILES string of the molecule is Cc1nc(-c2nc(-c3ccc(F)cn3)no2)cc(-c2cncc(F)c2)c1OC(O)(O)O. The Morgan fingerprint density at radius 3 is 2.45 bits per heavy atom. The lowest BCUT2D eigenvalue weighted by molar-refractivity contribution is -0.419. The molecule has 4 aromatic rings. The van der Waals surface area contributed by atoms with Crippen molar-refractivity contribution in [3.63, 3.8) is 0 Å². The summed E-state index contributed by atoms with van der Waals surface area (Å²) >= 11 is 0. The molecule has 0 saturated carbocycles. The van der Waals surface area contributed by atoms with Gasteiger partial charge in [-0.15, -0.1) is 0 Å². The van der Waals surface area contributed by atoms with Gasteiger partial charge in [0.1, 0.15) is 23.0 Å². The van der Waals surface area contributed by atoms with Crippen molar-refractivity contribution in [1.29, 1.82) is 0 Å². The van der Waals surface area contributed by atoms with Crippen LogP contribution in [0.25, 0.3) is 34.2 Å². The molecule has 4 aromatic heterocycles. The van der Waals surface area contributed by atoms with E-state index in [4.69, 9.17) is 9.26 Å². The fourth-order valence-electron chi connectivity index (χ4n) is 2.75. The summed E-state index contributed by atoms with van der Waals surface area (Å²) in [4.78, 5) is 16.0. The van der Waals surface area contributed by atoms with E-state index in [1.54, 1.807) is 0 Å². The van der Waals surface area contributed by atoms with Crippen LogP contribution in [0.4, 0.5) is 8.78 Å². The van der Waals surface area contributed by atoms with Gasteiger partial charge in [0.05, 0.1) is 18.1 Å². The Balaban J connectivity index is 1.82. The van der Waals surface area contributed by atoms with E-state index in [0.717, 1.165) is 18.5 Å². The predicted octanol–water partition coefficient (Wildman–Crippen LogP) is 1.81. The van der Waals surface area contributed by atoms with Crippen molar-refractivity contribution in [3.8, 4) is 40.0 Å². The average Bonchev–Trinajstić information content (AvgIpc) is 3.19. The van der Waals surface area contributed by atoms with Crippen LogP contribution in [-0.4, -0.2) is 46.6 Å². The summed E-state index contributed by atoms with van der Waals surface area (Å²) < 4.78 is 36.8. The monoisotopic (exact) mass is 429 g/mol. The molecule has 0 unspecified atom stereocenters. The van der Waals surface area contributed by atoms with Crippen molar-refractivity contribution >= 4 is 0 Å². The number of hydrogen-bond donors (Lipinski definition) is 3. The first kappa shape index (κ1) is 20.4. The molecule has 10 nitrogen and oxygen atoms in total. The third-order valence-electron chi connectivity index (χ3n) is 4.00. The van der Waals surface area contributed by atoms with Gasteiger partial charge in [0, 0.05) is 17.3 Å². The molecular formula is C19H13F2N5O5. The number of aromatic nitrogens is 5. The lowest BCUT2D eigenvalue weighted by Gasteiger charge is -2.20. The van der Waals surface area contributed by atoms with E-state index in [1.807, 2.05) is 0 Å². The zero-order valence-corrected chi connectivity index (χ0v) is 15.7. The molecule has 0 atom stereocenters. The van der Waals surface area contributed by atoms with Crippen molar-refractivity contribution in [2.45, 2.75) is 13.1 Å². The van der Waals surface area contributed by atoms with Gasteiger partial charge >= 0.3 is 6.16 Å². The van der Waals surface area contributed by atoms with Gasteiger partial charge in [0.2, 0.25) is 5.82 Å². The molecule has 0 amide bonds. The van der Waals surface area contributed by atoms with Gasteiger partial charge in [-0.1, -0.05) is 5.16 Å². The normalized spacial score (nSPS) is 11.5. The first-order chi connectivity index (χ1) is 14.7. The van der Waals surface area contributed by atoms with Crippen molar-refractivity contribution in [3.05, 3.63) is 60.2 Å². The number of ether oxygens (including phenoxy) is 1. The second-order valence-electron chi connectivity index (χ2n) is 6.32. The summed E-state index contributed by atoms with van der Waals surface area (Å²) in [5.74, 6) is -1.41. The van der Waals surface area contributed by atoms with E-state index in [1.165, 1.54) is 31.3 Å². The maximum Gasteiger partial charge on any atom is 0.453 e. The maximum atomic E-state index is 13.7. The Hall–Kier alpha value is -3.87. The molecule has 0 aliphatic carbocycles. The topological polar surface area (TPSA) is 148 Å². The summed E-state index contributed by atoms with van der Waals surface area (Å²) in [5.41, 5.74) is 0.761. The van der Waals surface area contributed by atoms with Crippen LogP contribution in [0.2, 0.25) is 0 Å². The van der Waals surface area contributed by atoms with Crippen LogP contribution in [0.5, 0.6) is 5.75 Å². The summed E-state index contributed by atoms with van der Waals surface area (Å²) in [6.45, 7) is 1.44. The van der Waals surface area contributed by atoms with E-state index in [0.29, 0.717) is 0 Å². The highest BCUT2D eigenvalue weighted by atomic mass is 19.1. The molecule has 0 fully saturated rings. The number of aryl methyl sites for hydroxylation is 1. The Morgan fingerprint density at radius 2 is 1.77 bits per heavy atom. The number of rotatable bonds is 5. The molecule has 12 heteroatoms. The fraction of sp³-hybridized carbons (Fsp3) is 0.105. The fourth-order valence-corrected chi connectivity index (χ4v) is 2.75. The lowest BCUT2D eigenvalue weighted by Crippen LogP contribution is -2.35. The van der Waals surface area contributed by atoms with Gasteiger partial charge < -0.3 is 24.6 Å². The molecule has 3 N–H and O–H groups in total. The Labute approximate surface area is 172 Å². The van der Waals surface area contributed by atoms with E-state index >= 15 is 0 Å². The minimum atomic E-state index is -3.50. The Morgan fingerprint density at radius 1 is 0.968 bits per heavy atom. The van der Waals surface area contributed by atoms with Crippen molar-refractivity contribution in [2.75, 3.05) is 0 Å². The van der Waals surface area contributed by atoms with Crippen LogP contribution in [0.3, 0.4) is 0 Å². The van der Waals surface area contributed by atoms with Crippen LogP contribution < -0.4 is 4.74 Å². The number of pyridine rings is 3. The molecule has 0 aromatic carbocycles. The van der Waals surface area contributed by atoms with Crippen LogP contribution in [0, 0.1) is 18.6 Å². The third kappa shape index (κ3) is 4.50. The van der Waals surface area contributed by atoms with Gasteiger partial charge in [-0.05, 0) is 31.2 Å². The highest BCUT2D eigenvalue weighted by Crippen LogP contribution is 2.36. The van der Waals surface area contributed by atoms with Gasteiger partial charge in [-0.25, -0.2) is 18.7 Å². The van der Waals surface area contributed by atoms with Crippen LogP contribution in [0.1, 0.15) is 5.69 Å². The number of aliphatic hydroxyl groups is 3. The third-order valence-corrected chi connectivity index (χ3v) is 4.00. The molecule has 4 heterocycles. The van der Waals surface area contributed by atoms with Gasteiger partial charge in [0.15, 0.2) is 5.75 Å². The largest absolute Gasteiger partial charge is 0.453 e. The number of hydrogen-bond acceptors (Lipinski definition) is 10. The highest BCUT2D eigenvalue weighted by Gasteiger charge is 2.27. The number of halogens is 2. The molecule has 0 spiro atoms. The molecular weight excluding hydrogens is 416 g/mol. The summed E-state index contributed by atoms with van der Waals surface area (Å²) in [6, 6.07) is 5.02. The van der Waals surface area contributed by atoms with E-state index < -0.39 is 17.8 Å². The molecule has 0 saturated heterocycles. The van der Waals surface area contributed by atoms with Crippen molar-refractivity contribution < 1.29 is 33.4 Å². The van der Waals surface area contributed by atoms with Crippen LogP contribution in [0.15, 0.2) is 47.4 Å². The zero-order chi connectivity index (χ0) is 22.2. The molecule has 0 radical (unpaired) electrons. The van der Waals surface area contributed by atoms with Gasteiger partial charge in [-0.2, -0.15) is 4.98 Å². The first-order valence-corrected chi connectivity index (χ1v) is 8.64. The average molecular weight is 429 g/mol. The minimum Gasteiger partial charge on any atom is -0.414 e. The van der Waals surface area contributed by atoms with E-state index in [2.05, 4.69) is 25.1 Å². The number of nitrogens with zero attached hydrogens (tertiary/aromatic N) is 5. The predicted molar refractivity (Wildman–Crippen MR) is 98.7 cm³/mol. The maximum absolute atomic E-state index is 13.7. The quantitative estimate of drug-likeness (QED) is 0.401.